The van der Waals surface area contributed by atoms with Gasteiger partial charge in [-0.3, -0.25) is 9.36 Å². The molecule has 2 heterocycles. The van der Waals surface area contributed by atoms with Crippen molar-refractivity contribution >= 4 is 0 Å². The molecule has 0 aliphatic rings. The Labute approximate surface area is 226 Å². The fourth-order valence-electron chi connectivity index (χ4n) is 3.57. The molecular weight excluding hydrogens is 621 g/mol. The van der Waals surface area contributed by atoms with Gasteiger partial charge in [-0.2, -0.15) is 52.7 Å². The molecule has 0 aliphatic heterocycles. The van der Waals surface area contributed by atoms with Crippen molar-refractivity contribution in [3.63, 3.8) is 0 Å². The standard InChI is InChI=1S/C21H15N2.C9H7N2.CH3.Ir/c1-2-5-17(6-3-1)18-7-9-19(10-8-18)20-11-13-21(14-12-20)23-16-4-15-22-23;1-2-5-9(6-3-1)11-8-4-7-10-11;;/h1-13,15-16H;1-5,7-8H;1H3;/q3*-1;+3. The summed E-state index contributed by atoms with van der Waals surface area (Å²) in [7, 11) is 0. The Bertz CT molecular complexity index is 1390. The molecule has 5 heteroatoms. The molecule has 36 heavy (non-hydrogen) atoms. The second-order valence-corrected chi connectivity index (χ2v) is 7.56. The molecule has 6 rings (SSSR count). The van der Waals surface area contributed by atoms with Crippen LogP contribution < -0.4 is 0 Å². The Morgan fingerprint density at radius 2 is 1.03 bits per heavy atom. The van der Waals surface area contributed by atoms with Crippen molar-refractivity contribution in [2.75, 3.05) is 0 Å². The van der Waals surface area contributed by atoms with E-state index in [-0.39, 0.29) is 27.5 Å². The van der Waals surface area contributed by atoms with E-state index in [1.807, 2.05) is 71.7 Å². The summed E-state index contributed by atoms with van der Waals surface area (Å²) in [6.45, 7) is 0. The zero-order valence-corrected chi connectivity index (χ0v) is 22.2. The first-order valence-electron chi connectivity index (χ1n) is 11.0. The molecule has 0 atom stereocenters. The van der Waals surface area contributed by atoms with Crippen LogP contribution in [0, 0.1) is 19.6 Å². The van der Waals surface area contributed by atoms with Crippen molar-refractivity contribution in [1.82, 2.24) is 19.6 Å². The molecule has 0 spiro atoms. The minimum Gasteiger partial charge on any atom is -0.358 e. The molecule has 2 aromatic heterocycles. The molecule has 0 unspecified atom stereocenters. The first-order valence-corrected chi connectivity index (χ1v) is 11.0. The summed E-state index contributed by atoms with van der Waals surface area (Å²) in [4.78, 5) is 0. The smallest absolute Gasteiger partial charge is 0.358 e. The van der Waals surface area contributed by atoms with E-state index in [1.54, 1.807) is 17.1 Å². The summed E-state index contributed by atoms with van der Waals surface area (Å²) in [5.74, 6) is 0. The van der Waals surface area contributed by atoms with E-state index in [1.165, 1.54) is 16.7 Å². The average Bonchev–Trinajstić information content (AvgIpc) is 3.66. The largest absolute Gasteiger partial charge is 3.00 e. The van der Waals surface area contributed by atoms with Gasteiger partial charge in [0.05, 0.1) is 0 Å². The first-order chi connectivity index (χ1) is 16.9. The van der Waals surface area contributed by atoms with E-state index in [0.29, 0.717) is 0 Å². The van der Waals surface area contributed by atoms with Crippen LogP contribution in [0.4, 0.5) is 0 Å². The number of benzene rings is 4. The van der Waals surface area contributed by atoms with Crippen molar-refractivity contribution in [2.24, 2.45) is 0 Å². The monoisotopic (exact) mass is 646 g/mol. The number of hydrogen-bond acceptors (Lipinski definition) is 2. The maximum atomic E-state index is 4.22. The molecule has 0 bridgehead atoms. The second kappa shape index (κ2) is 13.1. The topological polar surface area (TPSA) is 35.6 Å². The number of para-hydroxylation sites is 1. The van der Waals surface area contributed by atoms with Gasteiger partial charge in [-0.15, -0.1) is 17.7 Å². The Hall–Kier alpha value is -4.05. The van der Waals surface area contributed by atoms with Crippen LogP contribution in [0.5, 0.6) is 0 Å². The minimum atomic E-state index is 0. The summed E-state index contributed by atoms with van der Waals surface area (Å²) >= 11 is 0. The number of rotatable bonds is 4. The summed E-state index contributed by atoms with van der Waals surface area (Å²) < 4.78 is 3.59. The predicted molar refractivity (Wildman–Crippen MR) is 142 cm³/mol. The number of aromatic nitrogens is 4. The fourth-order valence-corrected chi connectivity index (χ4v) is 3.57. The van der Waals surface area contributed by atoms with Gasteiger partial charge in [0.15, 0.2) is 0 Å². The van der Waals surface area contributed by atoms with Crippen LogP contribution in [0.3, 0.4) is 0 Å². The molecule has 0 fully saturated rings. The summed E-state index contributed by atoms with van der Waals surface area (Å²) in [5.41, 5.74) is 6.72. The Balaban J connectivity index is 0.000000236. The van der Waals surface area contributed by atoms with Crippen molar-refractivity contribution < 1.29 is 20.1 Å². The fraction of sp³-hybridized carbons (Fsp3) is 0. The van der Waals surface area contributed by atoms with Gasteiger partial charge in [0, 0.05) is 24.8 Å². The Morgan fingerprint density at radius 3 is 1.53 bits per heavy atom. The maximum Gasteiger partial charge on any atom is 3.00 e. The van der Waals surface area contributed by atoms with Crippen LogP contribution in [0.15, 0.2) is 134 Å². The summed E-state index contributed by atoms with van der Waals surface area (Å²) in [6.07, 6.45) is 7.33. The van der Waals surface area contributed by atoms with Crippen molar-refractivity contribution in [2.45, 2.75) is 0 Å². The third-order valence-corrected chi connectivity index (χ3v) is 5.32. The Kier molecular flexibility index (Phi) is 9.70. The van der Waals surface area contributed by atoms with Crippen LogP contribution in [-0.2, 0) is 20.1 Å². The van der Waals surface area contributed by atoms with Crippen LogP contribution >= 0.6 is 0 Å². The van der Waals surface area contributed by atoms with Gasteiger partial charge in [0.2, 0.25) is 0 Å². The number of nitrogens with zero attached hydrogens (tertiary/aromatic N) is 4. The van der Waals surface area contributed by atoms with Gasteiger partial charge >= 0.3 is 20.1 Å². The third kappa shape index (κ3) is 6.54. The van der Waals surface area contributed by atoms with Crippen molar-refractivity contribution in [3.05, 3.63) is 154 Å². The van der Waals surface area contributed by atoms with Crippen LogP contribution in [0.2, 0.25) is 0 Å². The Morgan fingerprint density at radius 1 is 0.500 bits per heavy atom. The minimum absolute atomic E-state index is 0. The van der Waals surface area contributed by atoms with Gasteiger partial charge in [-0.1, -0.05) is 60.2 Å². The van der Waals surface area contributed by atoms with Crippen molar-refractivity contribution in [3.8, 4) is 33.6 Å². The van der Waals surface area contributed by atoms with E-state index in [4.69, 9.17) is 0 Å². The predicted octanol–water partition coefficient (Wildman–Crippen LogP) is 7.13. The quantitative estimate of drug-likeness (QED) is 0.191. The van der Waals surface area contributed by atoms with E-state index in [9.17, 15) is 0 Å². The first kappa shape index (κ1) is 26.6. The molecule has 0 saturated carbocycles. The van der Waals surface area contributed by atoms with Crippen LogP contribution in [0.1, 0.15) is 0 Å². The van der Waals surface area contributed by atoms with E-state index in [0.717, 1.165) is 16.9 Å². The molecular formula is C31H25IrN4. The molecule has 0 saturated heterocycles. The average molecular weight is 646 g/mol. The molecule has 178 valence electrons. The molecule has 0 radical (unpaired) electrons. The van der Waals surface area contributed by atoms with Gasteiger partial charge in [-0.05, 0) is 34.6 Å². The van der Waals surface area contributed by atoms with E-state index in [2.05, 4.69) is 76.9 Å². The molecule has 0 aliphatic carbocycles. The van der Waals surface area contributed by atoms with Gasteiger partial charge < -0.3 is 7.43 Å². The molecule has 6 aromatic rings. The third-order valence-electron chi connectivity index (χ3n) is 5.32. The molecule has 4 aromatic carbocycles. The number of hydrogen-bond donors (Lipinski definition) is 0. The van der Waals surface area contributed by atoms with Gasteiger partial charge in [0.25, 0.3) is 0 Å². The second-order valence-electron chi connectivity index (χ2n) is 7.56. The zero-order chi connectivity index (χ0) is 23.0. The van der Waals surface area contributed by atoms with Crippen LogP contribution in [-0.4, -0.2) is 19.6 Å². The molecule has 4 nitrogen and oxygen atoms in total. The SMILES string of the molecule is [CH3-].[Ir+3].[c-]1cc(-c2ccc(-c3ccccc3)cc2)ccc1-n1cccn1.[c-]1ccccc1-n1cccn1. The van der Waals surface area contributed by atoms with Gasteiger partial charge in [0.1, 0.15) is 0 Å². The zero-order valence-electron chi connectivity index (χ0n) is 19.8. The summed E-state index contributed by atoms with van der Waals surface area (Å²) in [6, 6.07) is 43.1. The van der Waals surface area contributed by atoms with Crippen LogP contribution in [0.25, 0.3) is 33.6 Å². The van der Waals surface area contributed by atoms with Gasteiger partial charge in [-0.25, -0.2) is 0 Å². The normalized spacial score (nSPS) is 9.78. The maximum absolute atomic E-state index is 4.22. The molecule has 0 N–H and O–H groups in total. The summed E-state index contributed by atoms with van der Waals surface area (Å²) in [5, 5.41) is 8.29. The van der Waals surface area contributed by atoms with E-state index >= 15 is 0 Å². The van der Waals surface area contributed by atoms with Crippen molar-refractivity contribution in [1.29, 1.82) is 0 Å². The van der Waals surface area contributed by atoms with E-state index < -0.39 is 0 Å². The molecule has 0 amide bonds.